The Bertz CT molecular complexity index is 556. The summed E-state index contributed by atoms with van der Waals surface area (Å²) in [5, 5.41) is 6.85. The SMILES string of the molecule is Cc1csc(CCNCc2ccc(N3CCCC3)cc2)n1. The standard InChI is InChI=1S/C17H23N3S/c1-14-13-21-17(19-14)8-9-18-12-15-4-6-16(7-5-15)20-10-2-3-11-20/h4-7,13,18H,2-3,8-12H2,1H3. The van der Waals surface area contributed by atoms with Gasteiger partial charge in [0.05, 0.1) is 5.01 Å². The fourth-order valence-electron chi connectivity index (χ4n) is 2.75. The van der Waals surface area contributed by atoms with Gasteiger partial charge in [0.15, 0.2) is 0 Å². The van der Waals surface area contributed by atoms with Crippen molar-refractivity contribution in [3.05, 3.63) is 45.9 Å². The smallest absolute Gasteiger partial charge is 0.0940 e. The van der Waals surface area contributed by atoms with Gasteiger partial charge in [0, 0.05) is 49.4 Å². The maximum atomic E-state index is 4.48. The molecule has 0 unspecified atom stereocenters. The highest BCUT2D eigenvalue weighted by atomic mass is 32.1. The Morgan fingerprint density at radius 3 is 2.62 bits per heavy atom. The molecule has 2 aromatic rings. The summed E-state index contributed by atoms with van der Waals surface area (Å²) in [6.45, 7) is 6.40. The molecule has 2 heterocycles. The Hall–Kier alpha value is -1.39. The number of hydrogen-bond acceptors (Lipinski definition) is 4. The maximum Gasteiger partial charge on any atom is 0.0940 e. The Morgan fingerprint density at radius 2 is 1.95 bits per heavy atom. The molecule has 0 spiro atoms. The number of rotatable bonds is 6. The summed E-state index contributed by atoms with van der Waals surface area (Å²) in [5.74, 6) is 0. The zero-order chi connectivity index (χ0) is 14.5. The molecule has 112 valence electrons. The highest BCUT2D eigenvalue weighted by Crippen LogP contribution is 2.20. The van der Waals surface area contributed by atoms with Crippen molar-refractivity contribution in [1.82, 2.24) is 10.3 Å². The van der Waals surface area contributed by atoms with E-state index >= 15 is 0 Å². The quantitative estimate of drug-likeness (QED) is 0.829. The van der Waals surface area contributed by atoms with E-state index in [1.807, 2.05) is 0 Å². The molecule has 0 radical (unpaired) electrons. The van der Waals surface area contributed by atoms with Crippen LogP contribution in [0.15, 0.2) is 29.6 Å². The van der Waals surface area contributed by atoms with E-state index in [9.17, 15) is 0 Å². The van der Waals surface area contributed by atoms with E-state index in [0.29, 0.717) is 0 Å². The Morgan fingerprint density at radius 1 is 1.19 bits per heavy atom. The summed E-state index contributed by atoms with van der Waals surface area (Å²) in [6, 6.07) is 9.00. The Labute approximate surface area is 131 Å². The molecule has 0 aliphatic carbocycles. The first-order valence-corrected chi connectivity index (χ1v) is 8.65. The topological polar surface area (TPSA) is 28.2 Å². The van der Waals surface area contributed by atoms with Crippen LogP contribution in [0.1, 0.15) is 29.1 Å². The van der Waals surface area contributed by atoms with Crippen LogP contribution in [-0.4, -0.2) is 24.6 Å². The van der Waals surface area contributed by atoms with Gasteiger partial charge in [0.25, 0.3) is 0 Å². The minimum atomic E-state index is 0.935. The molecule has 1 aliphatic heterocycles. The molecule has 1 saturated heterocycles. The third-order valence-electron chi connectivity index (χ3n) is 3.92. The first-order chi connectivity index (χ1) is 10.3. The lowest BCUT2D eigenvalue weighted by Gasteiger charge is -2.17. The molecule has 1 aromatic carbocycles. The van der Waals surface area contributed by atoms with E-state index in [-0.39, 0.29) is 0 Å². The van der Waals surface area contributed by atoms with E-state index in [0.717, 1.165) is 25.2 Å². The van der Waals surface area contributed by atoms with Crippen molar-refractivity contribution in [1.29, 1.82) is 0 Å². The zero-order valence-corrected chi connectivity index (χ0v) is 13.5. The normalized spacial score (nSPS) is 14.8. The molecule has 3 nitrogen and oxygen atoms in total. The van der Waals surface area contributed by atoms with Gasteiger partial charge in [-0.1, -0.05) is 12.1 Å². The van der Waals surface area contributed by atoms with Gasteiger partial charge in [-0.25, -0.2) is 4.98 Å². The molecule has 0 saturated carbocycles. The zero-order valence-electron chi connectivity index (χ0n) is 12.6. The molecule has 1 aromatic heterocycles. The monoisotopic (exact) mass is 301 g/mol. The number of nitrogens with zero attached hydrogens (tertiary/aromatic N) is 2. The predicted molar refractivity (Wildman–Crippen MR) is 90.2 cm³/mol. The third kappa shape index (κ3) is 4.05. The van der Waals surface area contributed by atoms with Crippen molar-refractivity contribution >= 4 is 17.0 Å². The third-order valence-corrected chi connectivity index (χ3v) is 4.95. The van der Waals surface area contributed by atoms with Crippen LogP contribution in [0.25, 0.3) is 0 Å². The summed E-state index contributed by atoms with van der Waals surface area (Å²) in [4.78, 5) is 6.96. The predicted octanol–water partition coefficient (Wildman–Crippen LogP) is 3.38. The summed E-state index contributed by atoms with van der Waals surface area (Å²) >= 11 is 1.76. The minimum absolute atomic E-state index is 0.935. The second-order valence-corrected chi connectivity index (χ2v) is 6.61. The van der Waals surface area contributed by atoms with Crippen LogP contribution in [-0.2, 0) is 13.0 Å². The average molecular weight is 301 g/mol. The van der Waals surface area contributed by atoms with Crippen LogP contribution < -0.4 is 10.2 Å². The van der Waals surface area contributed by atoms with Crippen molar-refractivity contribution < 1.29 is 0 Å². The first kappa shape index (κ1) is 14.5. The highest BCUT2D eigenvalue weighted by molar-refractivity contribution is 7.09. The van der Waals surface area contributed by atoms with Crippen molar-refractivity contribution in [3.63, 3.8) is 0 Å². The number of nitrogens with one attached hydrogen (secondary N) is 1. The van der Waals surface area contributed by atoms with Crippen molar-refractivity contribution in [2.45, 2.75) is 32.7 Å². The molecular formula is C17H23N3S. The molecule has 1 N–H and O–H groups in total. The Kier molecular flexibility index (Phi) is 4.88. The van der Waals surface area contributed by atoms with Crippen LogP contribution in [0, 0.1) is 6.92 Å². The summed E-state index contributed by atoms with van der Waals surface area (Å²) in [7, 11) is 0. The van der Waals surface area contributed by atoms with Crippen molar-refractivity contribution in [2.75, 3.05) is 24.5 Å². The number of aryl methyl sites for hydroxylation is 1. The molecule has 21 heavy (non-hydrogen) atoms. The number of hydrogen-bond donors (Lipinski definition) is 1. The van der Waals surface area contributed by atoms with Gasteiger partial charge in [-0.2, -0.15) is 0 Å². The summed E-state index contributed by atoms with van der Waals surface area (Å²) < 4.78 is 0. The van der Waals surface area contributed by atoms with Crippen LogP contribution in [0.3, 0.4) is 0 Å². The Balaban J connectivity index is 1.42. The molecule has 3 rings (SSSR count). The fraction of sp³-hybridized carbons (Fsp3) is 0.471. The average Bonchev–Trinajstić information content (AvgIpc) is 3.16. The van der Waals surface area contributed by atoms with Crippen molar-refractivity contribution in [3.8, 4) is 0 Å². The molecule has 0 amide bonds. The molecule has 4 heteroatoms. The van der Waals surface area contributed by atoms with E-state index < -0.39 is 0 Å². The van der Waals surface area contributed by atoms with E-state index in [1.165, 1.54) is 42.2 Å². The van der Waals surface area contributed by atoms with E-state index in [2.05, 4.69) is 51.8 Å². The second kappa shape index (κ2) is 7.05. The number of aromatic nitrogens is 1. The summed E-state index contributed by atoms with van der Waals surface area (Å²) in [5.41, 5.74) is 3.86. The van der Waals surface area contributed by atoms with Crippen LogP contribution in [0.5, 0.6) is 0 Å². The lowest BCUT2D eigenvalue weighted by atomic mass is 10.2. The van der Waals surface area contributed by atoms with Gasteiger partial charge in [0.1, 0.15) is 0 Å². The molecule has 0 atom stereocenters. The fourth-order valence-corrected chi connectivity index (χ4v) is 3.52. The van der Waals surface area contributed by atoms with E-state index in [1.54, 1.807) is 11.3 Å². The molecule has 1 aliphatic rings. The highest BCUT2D eigenvalue weighted by Gasteiger charge is 2.11. The van der Waals surface area contributed by atoms with Crippen LogP contribution >= 0.6 is 11.3 Å². The van der Waals surface area contributed by atoms with Crippen LogP contribution in [0.2, 0.25) is 0 Å². The first-order valence-electron chi connectivity index (χ1n) is 7.77. The van der Waals surface area contributed by atoms with Gasteiger partial charge in [-0.05, 0) is 37.5 Å². The molecule has 1 fully saturated rings. The maximum absolute atomic E-state index is 4.48. The summed E-state index contributed by atoms with van der Waals surface area (Å²) in [6.07, 6.45) is 3.68. The minimum Gasteiger partial charge on any atom is -0.372 e. The molecular weight excluding hydrogens is 278 g/mol. The van der Waals surface area contributed by atoms with E-state index in [4.69, 9.17) is 0 Å². The number of anilines is 1. The number of benzene rings is 1. The number of thiazole rings is 1. The second-order valence-electron chi connectivity index (χ2n) is 5.67. The van der Waals surface area contributed by atoms with Gasteiger partial charge in [0.2, 0.25) is 0 Å². The van der Waals surface area contributed by atoms with Gasteiger partial charge >= 0.3 is 0 Å². The van der Waals surface area contributed by atoms with Gasteiger partial charge in [-0.3, -0.25) is 0 Å². The largest absolute Gasteiger partial charge is 0.372 e. The lowest BCUT2D eigenvalue weighted by Crippen LogP contribution is -2.18. The lowest BCUT2D eigenvalue weighted by molar-refractivity contribution is 0.684. The van der Waals surface area contributed by atoms with Crippen molar-refractivity contribution in [2.24, 2.45) is 0 Å². The van der Waals surface area contributed by atoms with Gasteiger partial charge in [-0.15, -0.1) is 11.3 Å². The van der Waals surface area contributed by atoms with Crippen LogP contribution in [0.4, 0.5) is 5.69 Å². The van der Waals surface area contributed by atoms with Gasteiger partial charge < -0.3 is 10.2 Å². The molecule has 0 bridgehead atoms.